The Morgan fingerprint density at radius 3 is 2.43 bits per heavy atom. The predicted molar refractivity (Wildman–Crippen MR) is 88.1 cm³/mol. The Hall–Kier alpha value is -2.62. The molecule has 0 heterocycles. The third-order valence-corrected chi connectivity index (χ3v) is 3.57. The second kappa shape index (κ2) is 7.58. The first-order valence-electron chi connectivity index (χ1n) is 7.52. The molecule has 2 rings (SSSR count). The van der Waals surface area contributed by atoms with Crippen LogP contribution in [-0.4, -0.2) is 25.0 Å². The molecule has 2 aromatic rings. The molecule has 0 aliphatic carbocycles. The number of Topliss-reactive ketones (excluding diaryl/α,β-unsaturated/α-hetero) is 1. The third-order valence-electron chi connectivity index (χ3n) is 3.57. The number of ether oxygens (including phenoxy) is 2. The number of hydrogen-bond donors (Lipinski definition) is 0. The SMILES string of the molecule is CCOc1ccccc1C(=O)OCC(=O)c1ccc(C)c(C)c1. The maximum atomic E-state index is 12.1. The quantitative estimate of drug-likeness (QED) is 0.602. The average Bonchev–Trinajstić information content (AvgIpc) is 2.55. The van der Waals surface area contributed by atoms with Crippen LogP contribution >= 0.6 is 0 Å². The van der Waals surface area contributed by atoms with Gasteiger partial charge in [0.05, 0.1) is 6.61 Å². The van der Waals surface area contributed by atoms with Crippen molar-refractivity contribution < 1.29 is 19.1 Å². The summed E-state index contributed by atoms with van der Waals surface area (Å²) in [4.78, 5) is 24.3. The summed E-state index contributed by atoms with van der Waals surface area (Å²) in [6.07, 6.45) is 0. The summed E-state index contributed by atoms with van der Waals surface area (Å²) in [5.41, 5.74) is 3.01. The third kappa shape index (κ3) is 4.19. The van der Waals surface area contributed by atoms with Crippen molar-refractivity contribution in [3.05, 3.63) is 64.7 Å². The number of hydrogen-bond acceptors (Lipinski definition) is 4. The lowest BCUT2D eigenvalue weighted by Gasteiger charge is -2.10. The van der Waals surface area contributed by atoms with E-state index in [1.54, 1.807) is 36.4 Å². The minimum Gasteiger partial charge on any atom is -0.493 e. The number of esters is 1. The maximum absolute atomic E-state index is 12.1. The lowest BCUT2D eigenvalue weighted by molar-refractivity contribution is 0.0471. The zero-order valence-corrected chi connectivity index (χ0v) is 13.6. The fourth-order valence-electron chi connectivity index (χ4n) is 2.12. The van der Waals surface area contributed by atoms with Crippen LogP contribution in [0.1, 0.15) is 38.8 Å². The van der Waals surface area contributed by atoms with E-state index in [1.807, 2.05) is 26.8 Å². The van der Waals surface area contributed by atoms with E-state index < -0.39 is 5.97 Å². The summed E-state index contributed by atoms with van der Waals surface area (Å²) >= 11 is 0. The topological polar surface area (TPSA) is 52.6 Å². The molecule has 0 amide bonds. The molecule has 0 N–H and O–H groups in total. The van der Waals surface area contributed by atoms with E-state index in [2.05, 4.69) is 0 Å². The van der Waals surface area contributed by atoms with Crippen LogP contribution in [0, 0.1) is 13.8 Å². The van der Waals surface area contributed by atoms with Crippen molar-refractivity contribution in [3.63, 3.8) is 0 Å². The Labute approximate surface area is 136 Å². The van der Waals surface area contributed by atoms with Crippen LogP contribution in [0.5, 0.6) is 5.75 Å². The number of rotatable bonds is 6. The van der Waals surface area contributed by atoms with Crippen LogP contribution in [0.2, 0.25) is 0 Å². The van der Waals surface area contributed by atoms with Gasteiger partial charge in [0, 0.05) is 5.56 Å². The van der Waals surface area contributed by atoms with Crippen LogP contribution in [0.3, 0.4) is 0 Å². The molecule has 2 aromatic carbocycles. The van der Waals surface area contributed by atoms with Crippen LogP contribution in [-0.2, 0) is 4.74 Å². The van der Waals surface area contributed by atoms with Gasteiger partial charge >= 0.3 is 5.97 Å². The summed E-state index contributed by atoms with van der Waals surface area (Å²) in [5, 5.41) is 0. The van der Waals surface area contributed by atoms with Crippen molar-refractivity contribution in [2.45, 2.75) is 20.8 Å². The van der Waals surface area contributed by atoms with Gasteiger partial charge in [-0.05, 0) is 50.1 Å². The van der Waals surface area contributed by atoms with Gasteiger partial charge in [0.15, 0.2) is 12.4 Å². The van der Waals surface area contributed by atoms with Gasteiger partial charge < -0.3 is 9.47 Å². The van der Waals surface area contributed by atoms with Gasteiger partial charge in [0.1, 0.15) is 11.3 Å². The maximum Gasteiger partial charge on any atom is 0.342 e. The second-order valence-electron chi connectivity index (χ2n) is 5.23. The number of ketones is 1. The molecule has 4 nitrogen and oxygen atoms in total. The molecule has 0 aliphatic heterocycles. The van der Waals surface area contributed by atoms with Crippen LogP contribution in [0.25, 0.3) is 0 Å². The zero-order chi connectivity index (χ0) is 16.8. The molecule has 0 bridgehead atoms. The molecule has 0 aliphatic rings. The molecular weight excluding hydrogens is 292 g/mol. The normalized spacial score (nSPS) is 10.2. The molecule has 0 saturated heterocycles. The van der Waals surface area contributed by atoms with E-state index in [-0.39, 0.29) is 12.4 Å². The molecule has 0 saturated carbocycles. The Kier molecular flexibility index (Phi) is 5.52. The first kappa shape index (κ1) is 16.7. The van der Waals surface area contributed by atoms with Gasteiger partial charge in [-0.3, -0.25) is 4.79 Å². The van der Waals surface area contributed by atoms with Crippen LogP contribution < -0.4 is 4.74 Å². The minimum absolute atomic E-state index is 0.227. The van der Waals surface area contributed by atoms with E-state index in [0.717, 1.165) is 11.1 Å². The van der Waals surface area contributed by atoms with E-state index in [0.29, 0.717) is 23.5 Å². The van der Waals surface area contributed by atoms with Crippen molar-refractivity contribution in [1.82, 2.24) is 0 Å². The lowest BCUT2D eigenvalue weighted by Crippen LogP contribution is -2.15. The fraction of sp³-hybridized carbons (Fsp3) is 0.263. The predicted octanol–water partition coefficient (Wildman–Crippen LogP) is 3.74. The molecule has 0 spiro atoms. The fourth-order valence-corrected chi connectivity index (χ4v) is 2.12. The van der Waals surface area contributed by atoms with E-state index in [1.165, 1.54) is 0 Å². The number of aryl methyl sites for hydroxylation is 2. The molecule has 0 fully saturated rings. The van der Waals surface area contributed by atoms with Crippen molar-refractivity contribution in [2.75, 3.05) is 13.2 Å². The van der Waals surface area contributed by atoms with Gasteiger partial charge in [0.25, 0.3) is 0 Å². The molecule has 0 unspecified atom stereocenters. The van der Waals surface area contributed by atoms with E-state index >= 15 is 0 Å². The number of benzene rings is 2. The van der Waals surface area contributed by atoms with Gasteiger partial charge in [-0.1, -0.05) is 24.3 Å². The highest BCUT2D eigenvalue weighted by Crippen LogP contribution is 2.19. The zero-order valence-electron chi connectivity index (χ0n) is 13.6. The molecular formula is C19H20O4. The minimum atomic E-state index is -0.564. The van der Waals surface area contributed by atoms with E-state index in [9.17, 15) is 9.59 Å². The Morgan fingerprint density at radius 2 is 1.74 bits per heavy atom. The van der Waals surface area contributed by atoms with Gasteiger partial charge in [-0.15, -0.1) is 0 Å². The van der Waals surface area contributed by atoms with Crippen molar-refractivity contribution >= 4 is 11.8 Å². The number of carbonyl (C=O) groups excluding carboxylic acids is 2. The van der Waals surface area contributed by atoms with Crippen LogP contribution in [0.4, 0.5) is 0 Å². The summed E-state index contributed by atoms with van der Waals surface area (Å²) in [7, 11) is 0. The first-order valence-corrected chi connectivity index (χ1v) is 7.52. The molecule has 120 valence electrons. The van der Waals surface area contributed by atoms with E-state index in [4.69, 9.17) is 9.47 Å². The van der Waals surface area contributed by atoms with Gasteiger partial charge in [-0.25, -0.2) is 4.79 Å². The highest BCUT2D eigenvalue weighted by molar-refractivity contribution is 6.00. The number of para-hydroxylation sites is 1. The van der Waals surface area contributed by atoms with Crippen molar-refractivity contribution in [3.8, 4) is 5.75 Å². The van der Waals surface area contributed by atoms with Crippen molar-refractivity contribution in [2.24, 2.45) is 0 Å². The van der Waals surface area contributed by atoms with Crippen LogP contribution in [0.15, 0.2) is 42.5 Å². The molecule has 23 heavy (non-hydrogen) atoms. The highest BCUT2D eigenvalue weighted by Gasteiger charge is 2.16. The van der Waals surface area contributed by atoms with Gasteiger partial charge in [-0.2, -0.15) is 0 Å². The van der Waals surface area contributed by atoms with Crippen molar-refractivity contribution in [1.29, 1.82) is 0 Å². The Bertz CT molecular complexity index is 719. The second-order valence-corrected chi connectivity index (χ2v) is 5.23. The first-order chi connectivity index (χ1) is 11.0. The molecule has 4 heteroatoms. The Balaban J connectivity index is 2.04. The monoisotopic (exact) mass is 312 g/mol. The van der Waals surface area contributed by atoms with Gasteiger partial charge in [0.2, 0.25) is 0 Å². The lowest BCUT2D eigenvalue weighted by atomic mass is 10.0. The largest absolute Gasteiger partial charge is 0.493 e. The Morgan fingerprint density at radius 1 is 1.00 bits per heavy atom. The summed E-state index contributed by atoms with van der Waals surface area (Å²) < 4.78 is 10.5. The molecule has 0 radical (unpaired) electrons. The number of carbonyl (C=O) groups is 2. The molecule has 0 aromatic heterocycles. The summed E-state index contributed by atoms with van der Waals surface area (Å²) in [6, 6.07) is 12.3. The average molecular weight is 312 g/mol. The summed E-state index contributed by atoms with van der Waals surface area (Å²) in [5.74, 6) is -0.333. The highest BCUT2D eigenvalue weighted by atomic mass is 16.5. The smallest absolute Gasteiger partial charge is 0.342 e. The molecule has 0 atom stereocenters. The standard InChI is InChI=1S/C19H20O4/c1-4-22-18-8-6-5-7-16(18)19(21)23-12-17(20)15-10-9-13(2)14(3)11-15/h5-11H,4,12H2,1-3H3. The summed E-state index contributed by atoms with van der Waals surface area (Å²) in [6.45, 7) is 5.92.